The molecule has 3 aromatic rings. The number of rotatable bonds is 6. The van der Waals surface area contributed by atoms with E-state index in [1.807, 2.05) is 51.1 Å². The minimum Gasteiger partial charge on any atom is -0.491 e. The molecule has 2 aliphatic rings. The Morgan fingerprint density at radius 1 is 1.27 bits per heavy atom. The zero-order valence-corrected chi connectivity index (χ0v) is 19.3. The van der Waals surface area contributed by atoms with Gasteiger partial charge in [-0.1, -0.05) is 23.4 Å². The average Bonchev–Trinajstić information content (AvgIpc) is 3.48. The lowest BCUT2D eigenvalue weighted by Crippen LogP contribution is -2.32. The average molecular weight is 448 g/mol. The molecule has 1 aliphatic heterocycles. The van der Waals surface area contributed by atoms with Gasteiger partial charge in [0.25, 0.3) is 5.89 Å². The van der Waals surface area contributed by atoms with E-state index in [0.29, 0.717) is 31.2 Å². The van der Waals surface area contributed by atoms with Crippen molar-refractivity contribution in [3.8, 4) is 28.6 Å². The molecular weight excluding hydrogens is 418 g/mol. The maximum Gasteiger partial charge on any atom is 0.258 e. The summed E-state index contributed by atoms with van der Waals surface area (Å²) in [5.74, 6) is 2.00. The molecule has 1 amide bonds. The summed E-state index contributed by atoms with van der Waals surface area (Å²) in [4.78, 5) is 19.0. The Hall–Kier alpha value is -3.19. The van der Waals surface area contributed by atoms with E-state index < -0.39 is 0 Å². The molecule has 33 heavy (non-hydrogen) atoms. The Morgan fingerprint density at radius 3 is 2.88 bits per heavy atom. The predicted molar refractivity (Wildman–Crippen MR) is 124 cm³/mol. The topological polar surface area (TPSA) is 88.7 Å². The molecule has 2 aromatic carbocycles. The SMILES string of the molecule is Cc1cc(-c2nc(-c3cccc4c3CC[C@@]43CC(=O)N(CCO)C3)no2)ccc1OC(C)C. The number of β-amino-alcohol motifs (C(OH)–C–C–N with tert-alkyl or cyclic N) is 1. The van der Waals surface area contributed by atoms with E-state index >= 15 is 0 Å². The number of likely N-dealkylation sites (tertiary alicyclic amines) is 1. The molecule has 0 unspecified atom stereocenters. The zero-order chi connectivity index (χ0) is 23.2. The van der Waals surface area contributed by atoms with E-state index in [1.165, 1.54) is 11.1 Å². The van der Waals surface area contributed by atoms with Crippen molar-refractivity contribution in [2.75, 3.05) is 19.7 Å². The minimum absolute atomic E-state index is 0.00952. The molecule has 1 N–H and O–H groups in total. The number of fused-ring (bicyclic) bond motifs is 2. The van der Waals surface area contributed by atoms with Gasteiger partial charge in [0.1, 0.15) is 5.75 Å². The third kappa shape index (κ3) is 3.80. The van der Waals surface area contributed by atoms with Crippen LogP contribution in [0.3, 0.4) is 0 Å². The highest BCUT2D eigenvalue weighted by Crippen LogP contribution is 2.48. The molecule has 1 aliphatic carbocycles. The van der Waals surface area contributed by atoms with Crippen LogP contribution in [0.5, 0.6) is 5.75 Å². The number of carbonyl (C=O) groups is 1. The summed E-state index contributed by atoms with van der Waals surface area (Å²) in [7, 11) is 0. The van der Waals surface area contributed by atoms with Gasteiger partial charge in [0.15, 0.2) is 0 Å². The molecule has 0 saturated carbocycles. The van der Waals surface area contributed by atoms with E-state index in [2.05, 4.69) is 11.2 Å². The fourth-order valence-corrected chi connectivity index (χ4v) is 5.26. The van der Waals surface area contributed by atoms with Gasteiger partial charge in [-0.3, -0.25) is 4.79 Å². The highest BCUT2D eigenvalue weighted by molar-refractivity contribution is 5.82. The molecule has 0 radical (unpaired) electrons. The number of aliphatic hydroxyl groups is 1. The van der Waals surface area contributed by atoms with E-state index in [-0.39, 0.29) is 24.0 Å². The van der Waals surface area contributed by atoms with Crippen LogP contribution in [0.2, 0.25) is 0 Å². The van der Waals surface area contributed by atoms with Crippen LogP contribution < -0.4 is 4.74 Å². The van der Waals surface area contributed by atoms with Crippen molar-refractivity contribution in [2.45, 2.75) is 51.6 Å². The highest BCUT2D eigenvalue weighted by Gasteiger charge is 2.48. The molecule has 2 heterocycles. The van der Waals surface area contributed by atoms with Gasteiger partial charge >= 0.3 is 0 Å². The first-order chi connectivity index (χ1) is 15.9. The minimum atomic E-state index is -0.187. The molecule has 7 nitrogen and oxygen atoms in total. The van der Waals surface area contributed by atoms with Crippen LogP contribution >= 0.6 is 0 Å². The second-order valence-corrected chi connectivity index (χ2v) is 9.40. The molecule has 1 aromatic heterocycles. The Balaban J connectivity index is 1.45. The normalized spacial score (nSPS) is 19.7. The molecule has 1 saturated heterocycles. The van der Waals surface area contributed by atoms with Gasteiger partial charge in [0.2, 0.25) is 11.7 Å². The second-order valence-electron chi connectivity index (χ2n) is 9.40. The van der Waals surface area contributed by atoms with Gasteiger partial charge in [0, 0.05) is 36.1 Å². The largest absolute Gasteiger partial charge is 0.491 e. The summed E-state index contributed by atoms with van der Waals surface area (Å²) in [5.41, 5.74) is 5.04. The van der Waals surface area contributed by atoms with Crippen molar-refractivity contribution in [2.24, 2.45) is 0 Å². The van der Waals surface area contributed by atoms with Gasteiger partial charge in [-0.15, -0.1) is 0 Å². The van der Waals surface area contributed by atoms with Crippen molar-refractivity contribution in [3.63, 3.8) is 0 Å². The number of amides is 1. The summed E-state index contributed by atoms with van der Waals surface area (Å²) in [6.07, 6.45) is 2.38. The number of aliphatic hydroxyl groups excluding tert-OH is 1. The Kier molecular flexibility index (Phi) is 5.44. The maximum atomic E-state index is 12.5. The summed E-state index contributed by atoms with van der Waals surface area (Å²) in [5, 5.41) is 13.6. The first kappa shape index (κ1) is 21.6. The van der Waals surface area contributed by atoms with Crippen LogP contribution in [-0.4, -0.2) is 51.9 Å². The number of carbonyl (C=O) groups excluding carboxylic acids is 1. The predicted octanol–water partition coefficient (Wildman–Crippen LogP) is 3.91. The number of nitrogens with zero attached hydrogens (tertiary/aromatic N) is 3. The monoisotopic (exact) mass is 447 g/mol. The van der Waals surface area contributed by atoms with Crippen molar-refractivity contribution in [1.29, 1.82) is 0 Å². The van der Waals surface area contributed by atoms with Gasteiger partial charge in [0.05, 0.1) is 12.7 Å². The first-order valence-corrected chi connectivity index (χ1v) is 11.5. The summed E-state index contributed by atoms with van der Waals surface area (Å²) in [6, 6.07) is 12.0. The molecule has 172 valence electrons. The Morgan fingerprint density at radius 2 is 2.12 bits per heavy atom. The van der Waals surface area contributed by atoms with Crippen molar-refractivity contribution >= 4 is 5.91 Å². The van der Waals surface area contributed by atoms with Gasteiger partial charge in [-0.2, -0.15) is 4.98 Å². The van der Waals surface area contributed by atoms with E-state index in [4.69, 9.17) is 14.2 Å². The van der Waals surface area contributed by atoms with Crippen molar-refractivity contribution in [1.82, 2.24) is 15.0 Å². The fraction of sp³-hybridized carbons (Fsp3) is 0.423. The summed E-state index contributed by atoms with van der Waals surface area (Å²) < 4.78 is 11.5. The number of benzene rings is 2. The van der Waals surface area contributed by atoms with Gasteiger partial charge in [-0.05, 0) is 68.5 Å². The van der Waals surface area contributed by atoms with Crippen LogP contribution in [0.1, 0.15) is 43.4 Å². The highest BCUT2D eigenvalue weighted by atomic mass is 16.5. The van der Waals surface area contributed by atoms with Crippen LogP contribution in [0.4, 0.5) is 0 Å². The molecule has 5 rings (SSSR count). The molecule has 0 bridgehead atoms. The smallest absolute Gasteiger partial charge is 0.258 e. The fourth-order valence-electron chi connectivity index (χ4n) is 5.26. The quantitative estimate of drug-likeness (QED) is 0.616. The second kappa shape index (κ2) is 8.30. The number of hydrogen-bond donors (Lipinski definition) is 1. The van der Waals surface area contributed by atoms with Gasteiger partial charge < -0.3 is 19.3 Å². The lowest BCUT2D eigenvalue weighted by atomic mass is 9.80. The van der Waals surface area contributed by atoms with Crippen LogP contribution in [0.15, 0.2) is 40.9 Å². The number of aryl methyl sites for hydroxylation is 1. The van der Waals surface area contributed by atoms with Crippen LogP contribution in [-0.2, 0) is 16.6 Å². The Bertz CT molecular complexity index is 1200. The number of ether oxygens (including phenoxy) is 1. The number of hydrogen-bond acceptors (Lipinski definition) is 6. The summed E-state index contributed by atoms with van der Waals surface area (Å²) >= 11 is 0. The van der Waals surface area contributed by atoms with E-state index in [0.717, 1.165) is 35.3 Å². The lowest BCUT2D eigenvalue weighted by molar-refractivity contribution is -0.128. The lowest BCUT2D eigenvalue weighted by Gasteiger charge is -2.24. The molecule has 1 fully saturated rings. The third-order valence-electron chi connectivity index (χ3n) is 6.76. The molecule has 1 spiro atoms. The van der Waals surface area contributed by atoms with Crippen LogP contribution in [0.25, 0.3) is 22.8 Å². The Labute approximate surface area is 193 Å². The summed E-state index contributed by atoms with van der Waals surface area (Å²) in [6.45, 7) is 7.06. The molecule has 7 heteroatoms. The van der Waals surface area contributed by atoms with E-state index in [1.54, 1.807) is 4.90 Å². The van der Waals surface area contributed by atoms with E-state index in [9.17, 15) is 9.90 Å². The first-order valence-electron chi connectivity index (χ1n) is 11.5. The standard InChI is InChI=1S/C26H29N3O4/c1-16(2)32-22-8-7-18(13-17(22)3)25-27-24(28-33-25)20-5-4-6-21-19(20)9-10-26(21)14-23(31)29(15-26)11-12-30/h4-8,13,16,30H,9-12,14-15H2,1-3H3/t26-/m0/s1. The van der Waals surface area contributed by atoms with Crippen molar-refractivity contribution < 1.29 is 19.2 Å². The molecule has 1 atom stereocenters. The van der Waals surface area contributed by atoms with Gasteiger partial charge in [-0.25, -0.2) is 0 Å². The number of aromatic nitrogens is 2. The molecular formula is C26H29N3O4. The maximum absolute atomic E-state index is 12.5. The zero-order valence-electron chi connectivity index (χ0n) is 19.3. The van der Waals surface area contributed by atoms with Crippen molar-refractivity contribution in [3.05, 3.63) is 53.1 Å². The third-order valence-corrected chi connectivity index (χ3v) is 6.76. The van der Waals surface area contributed by atoms with Crippen LogP contribution in [0, 0.1) is 6.92 Å².